The zero-order valence-corrected chi connectivity index (χ0v) is 19.5. The molecule has 8 heteroatoms. The van der Waals surface area contributed by atoms with Crippen LogP contribution in [0, 0.1) is 13.8 Å². The number of nitrogens with zero attached hydrogens (tertiary/aromatic N) is 3. The minimum Gasteiger partial charge on any atom is -0.411 e. The summed E-state index contributed by atoms with van der Waals surface area (Å²) in [6, 6.07) is 20.3. The lowest BCUT2D eigenvalue weighted by Gasteiger charge is -2.37. The highest BCUT2D eigenvalue weighted by Gasteiger charge is 2.34. The smallest absolute Gasteiger partial charge is 0.276 e. The molecule has 1 aliphatic rings. The predicted octanol–water partition coefficient (Wildman–Crippen LogP) is 3.70. The quantitative estimate of drug-likeness (QED) is 0.316. The van der Waals surface area contributed by atoms with E-state index in [0.717, 1.165) is 27.9 Å². The zero-order valence-electron chi connectivity index (χ0n) is 18.7. The number of pyridine rings is 1. The molecule has 2 aromatic carbocycles. The summed E-state index contributed by atoms with van der Waals surface area (Å²) < 4.78 is 24.2. The van der Waals surface area contributed by atoms with Crippen LogP contribution in [0.4, 0.5) is 0 Å². The maximum absolute atomic E-state index is 11.5. The number of hydrogen-bond acceptors (Lipinski definition) is 5. The summed E-state index contributed by atoms with van der Waals surface area (Å²) in [7, 11) is -3.62. The maximum Gasteiger partial charge on any atom is 0.276 e. The van der Waals surface area contributed by atoms with Gasteiger partial charge in [0.2, 0.25) is 0 Å². The maximum atomic E-state index is 11.5. The number of nitrogens with two attached hydrogens (primary N) is 1. The van der Waals surface area contributed by atoms with E-state index in [9.17, 15) is 13.6 Å². The molecule has 3 N–H and O–H groups in total. The molecule has 2 heterocycles. The zero-order chi connectivity index (χ0) is 23.6. The van der Waals surface area contributed by atoms with Gasteiger partial charge in [-0.2, -0.15) is 12.7 Å². The summed E-state index contributed by atoms with van der Waals surface area (Å²) in [4.78, 5) is 4.24. The molecule has 1 aromatic heterocycles. The van der Waals surface area contributed by atoms with E-state index in [1.165, 1.54) is 9.87 Å². The molecule has 4 rings (SSSR count). The monoisotopic (exact) mass is 464 g/mol. The summed E-state index contributed by atoms with van der Waals surface area (Å²) in [5, 5.41) is 18.7. The molecular weight excluding hydrogens is 436 g/mol. The van der Waals surface area contributed by atoms with Crippen molar-refractivity contribution >= 4 is 15.9 Å². The summed E-state index contributed by atoms with van der Waals surface area (Å²) in [6.07, 6.45) is 2.24. The Morgan fingerprint density at radius 2 is 1.85 bits per heavy atom. The standard InChI is InChI=1S/C25H28N4O3S/c1-17-5-3-4-6-23(17)24(14-25(28-30)21-11-12-27-18(2)13-21)20-9-7-19(8-10-20)22-15-29(16-22)33(26,31)32/h3-13,22,24,30H,14-16H2,1-2H3,(H2,26,31,32)/b28-25+. The van der Waals surface area contributed by atoms with Crippen molar-refractivity contribution in [2.75, 3.05) is 13.1 Å². The highest BCUT2D eigenvalue weighted by molar-refractivity contribution is 7.86. The predicted molar refractivity (Wildman–Crippen MR) is 129 cm³/mol. The van der Waals surface area contributed by atoms with Crippen LogP contribution >= 0.6 is 0 Å². The van der Waals surface area contributed by atoms with E-state index in [2.05, 4.69) is 53.5 Å². The van der Waals surface area contributed by atoms with Crippen LogP contribution in [0.5, 0.6) is 0 Å². The highest BCUT2D eigenvalue weighted by atomic mass is 32.2. The van der Waals surface area contributed by atoms with E-state index < -0.39 is 10.2 Å². The van der Waals surface area contributed by atoms with Crippen molar-refractivity contribution < 1.29 is 13.6 Å². The van der Waals surface area contributed by atoms with Crippen LogP contribution in [0.25, 0.3) is 0 Å². The first kappa shape index (κ1) is 23.1. The fourth-order valence-corrected chi connectivity index (χ4v) is 5.15. The Morgan fingerprint density at radius 1 is 1.15 bits per heavy atom. The lowest BCUT2D eigenvalue weighted by Crippen LogP contribution is -2.51. The average Bonchev–Trinajstić information content (AvgIpc) is 2.74. The highest BCUT2D eigenvalue weighted by Crippen LogP contribution is 2.34. The molecule has 172 valence electrons. The topological polar surface area (TPSA) is 109 Å². The molecule has 0 saturated carbocycles. The molecule has 7 nitrogen and oxygen atoms in total. The van der Waals surface area contributed by atoms with Gasteiger partial charge >= 0.3 is 0 Å². The largest absolute Gasteiger partial charge is 0.411 e. The molecule has 0 amide bonds. The van der Waals surface area contributed by atoms with Crippen molar-refractivity contribution in [2.24, 2.45) is 10.3 Å². The van der Waals surface area contributed by atoms with E-state index in [4.69, 9.17) is 5.14 Å². The van der Waals surface area contributed by atoms with Crippen LogP contribution in [0.3, 0.4) is 0 Å². The SMILES string of the molecule is Cc1cc(/C(CC(c2ccc(C3CN(S(N)(=O)=O)C3)cc2)c2ccccc2C)=N/O)ccn1. The second-order valence-corrected chi connectivity index (χ2v) is 10.1. The van der Waals surface area contributed by atoms with Crippen molar-refractivity contribution in [3.63, 3.8) is 0 Å². The van der Waals surface area contributed by atoms with Gasteiger partial charge in [-0.3, -0.25) is 4.98 Å². The summed E-state index contributed by atoms with van der Waals surface area (Å²) >= 11 is 0. The van der Waals surface area contributed by atoms with Gasteiger partial charge in [0.25, 0.3) is 10.2 Å². The van der Waals surface area contributed by atoms with Crippen LogP contribution in [0.2, 0.25) is 0 Å². The molecule has 1 fully saturated rings. The van der Waals surface area contributed by atoms with Crippen LogP contribution in [-0.4, -0.2) is 41.7 Å². The molecule has 1 aliphatic heterocycles. The Hall–Kier alpha value is -3.07. The van der Waals surface area contributed by atoms with Crippen LogP contribution in [-0.2, 0) is 10.2 Å². The summed E-state index contributed by atoms with van der Waals surface area (Å²) in [5.74, 6) is 0.130. The number of hydrogen-bond donors (Lipinski definition) is 2. The van der Waals surface area contributed by atoms with Crippen LogP contribution < -0.4 is 5.14 Å². The second kappa shape index (κ2) is 9.43. The Morgan fingerprint density at radius 3 is 2.45 bits per heavy atom. The first-order chi connectivity index (χ1) is 15.8. The Labute approximate surface area is 194 Å². The normalized spacial score (nSPS) is 16.4. The molecule has 1 saturated heterocycles. The van der Waals surface area contributed by atoms with Crippen molar-refractivity contribution in [1.29, 1.82) is 0 Å². The van der Waals surface area contributed by atoms with Gasteiger partial charge in [0.1, 0.15) is 0 Å². The molecular formula is C25H28N4O3S. The van der Waals surface area contributed by atoms with E-state index in [1.54, 1.807) is 6.20 Å². The number of aryl methyl sites for hydroxylation is 2. The first-order valence-corrected chi connectivity index (χ1v) is 12.3. The van der Waals surface area contributed by atoms with Crippen molar-refractivity contribution in [2.45, 2.75) is 32.1 Å². The fourth-order valence-electron chi connectivity index (χ4n) is 4.38. The van der Waals surface area contributed by atoms with Crippen molar-refractivity contribution in [1.82, 2.24) is 9.29 Å². The Bertz CT molecular complexity index is 1270. The van der Waals surface area contributed by atoms with Gasteiger partial charge in [0, 0.05) is 48.8 Å². The van der Waals surface area contributed by atoms with E-state index in [0.29, 0.717) is 25.2 Å². The number of aromatic nitrogens is 1. The minimum atomic E-state index is -3.62. The molecule has 0 aliphatic carbocycles. The van der Waals surface area contributed by atoms with Gasteiger partial charge in [0.05, 0.1) is 5.71 Å². The van der Waals surface area contributed by atoms with E-state index in [-0.39, 0.29) is 11.8 Å². The molecule has 3 aromatic rings. The minimum absolute atomic E-state index is 0.0121. The third-order valence-corrected chi connectivity index (χ3v) is 7.35. The Kier molecular flexibility index (Phi) is 6.60. The Balaban J connectivity index is 1.63. The molecule has 1 unspecified atom stereocenters. The third-order valence-electron chi connectivity index (χ3n) is 6.33. The van der Waals surface area contributed by atoms with E-state index >= 15 is 0 Å². The molecule has 0 radical (unpaired) electrons. The molecule has 1 atom stereocenters. The number of benzene rings is 2. The first-order valence-electron chi connectivity index (χ1n) is 10.8. The van der Waals surface area contributed by atoms with Gasteiger partial charge < -0.3 is 5.21 Å². The molecule has 33 heavy (non-hydrogen) atoms. The van der Waals surface area contributed by atoms with Crippen LogP contribution in [0.15, 0.2) is 72.0 Å². The molecule has 0 bridgehead atoms. The third kappa shape index (κ3) is 5.13. The van der Waals surface area contributed by atoms with Gasteiger partial charge in [-0.05, 0) is 48.2 Å². The molecule has 0 spiro atoms. The van der Waals surface area contributed by atoms with Crippen molar-refractivity contribution in [3.8, 4) is 0 Å². The average molecular weight is 465 g/mol. The summed E-state index contributed by atoms with van der Waals surface area (Å²) in [6.45, 7) is 4.80. The summed E-state index contributed by atoms with van der Waals surface area (Å²) in [5.41, 5.74) is 6.82. The van der Waals surface area contributed by atoms with Crippen molar-refractivity contribution in [3.05, 3.63) is 100 Å². The van der Waals surface area contributed by atoms with Crippen LogP contribution in [0.1, 0.15) is 51.8 Å². The van der Waals surface area contributed by atoms with E-state index in [1.807, 2.05) is 31.2 Å². The van der Waals surface area contributed by atoms with Gasteiger partial charge in [-0.25, -0.2) is 5.14 Å². The van der Waals surface area contributed by atoms with Gasteiger partial charge in [-0.1, -0.05) is 53.7 Å². The number of oxime groups is 1. The lowest BCUT2D eigenvalue weighted by atomic mass is 9.82. The van der Waals surface area contributed by atoms with Gasteiger partial charge in [-0.15, -0.1) is 0 Å². The lowest BCUT2D eigenvalue weighted by molar-refractivity contribution is 0.264. The second-order valence-electron chi connectivity index (χ2n) is 8.57. The fraction of sp³-hybridized carbons (Fsp3) is 0.280. The number of rotatable bonds is 7. The van der Waals surface area contributed by atoms with Gasteiger partial charge in [0.15, 0.2) is 0 Å².